The molecule has 0 radical (unpaired) electrons. The molecular formula is C14H14Cl2Si. The van der Waals surface area contributed by atoms with Crippen LogP contribution in [0.1, 0.15) is 0 Å². The van der Waals surface area contributed by atoms with Crippen LogP contribution in [-0.2, 0) is 0 Å². The van der Waals surface area contributed by atoms with E-state index in [-0.39, 0.29) is 0 Å². The molecule has 88 valence electrons. The smallest absolute Gasteiger partial charge is 0.0828 e. The van der Waals surface area contributed by atoms with Crippen molar-refractivity contribution in [2.45, 2.75) is 13.1 Å². The minimum absolute atomic E-state index is 0.640. The number of benzene rings is 2. The number of rotatable bonds is 2. The van der Waals surface area contributed by atoms with Gasteiger partial charge in [0.2, 0.25) is 0 Å². The van der Waals surface area contributed by atoms with Gasteiger partial charge in [-0.05, 0) is 11.3 Å². The molecule has 0 saturated carbocycles. The fourth-order valence-corrected chi connectivity index (χ4v) is 5.62. The maximum Gasteiger partial charge on any atom is 0.114 e. The van der Waals surface area contributed by atoms with E-state index in [1.165, 1.54) is 10.4 Å². The zero-order valence-electron chi connectivity index (χ0n) is 9.87. The third-order valence-electron chi connectivity index (χ3n) is 3.12. The van der Waals surface area contributed by atoms with Crippen molar-refractivity contribution in [2.24, 2.45) is 0 Å². The van der Waals surface area contributed by atoms with E-state index in [1.807, 2.05) is 18.2 Å². The Morgan fingerprint density at radius 3 is 2.12 bits per heavy atom. The molecule has 0 spiro atoms. The minimum atomic E-state index is -1.75. The molecule has 0 saturated heterocycles. The second-order valence-corrected chi connectivity index (χ2v) is 9.74. The van der Waals surface area contributed by atoms with E-state index >= 15 is 0 Å². The summed E-state index contributed by atoms with van der Waals surface area (Å²) >= 11 is 12.4. The highest BCUT2D eigenvalue weighted by molar-refractivity contribution is 7.01. The van der Waals surface area contributed by atoms with Crippen molar-refractivity contribution in [1.29, 1.82) is 0 Å². The van der Waals surface area contributed by atoms with Gasteiger partial charge in [0, 0.05) is 0 Å². The van der Waals surface area contributed by atoms with Crippen molar-refractivity contribution in [3.63, 3.8) is 0 Å². The first-order valence-electron chi connectivity index (χ1n) is 5.53. The first-order valence-corrected chi connectivity index (χ1v) is 9.29. The number of hydrogen-bond acceptors (Lipinski definition) is 0. The van der Waals surface area contributed by atoms with Crippen LogP contribution in [-0.4, -0.2) is 8.07 Å². The first-order chi connectivity index (χ1) is 8.03. The predicted molar refractivity (Wildman–Crippen MR) is 79.7 cm³/mol. The second kappa shape index (κ2) is 4.85. The lowest BCUT2D eigenvalue weighted by molar-refractivity contribution is 1.67. The van der Waals surface area contributed by atoms with Crippen molar-refractivity contribution in [1.82, 2.24) is 0 Å². The predicted octanol–water partition coefficient (Wildman–Crippen LogP) is 3.82. The van der Waals surface area contributed by atoms with E-state index in [0.29, 0.717) is 10.0 Å². The van der Waals surface area contributed by atoms with Gasteiger partial charge in [0.1, 0.15) is 8.07 Å². The number of halogens is 2. The molecule has 0 heterocycles. The summed E-state index contributed by atoms with van der Waals surface area (Å²) < 4.78 is 0. The number of hydrogen-bond donors (Lipinski definition) is 0. The molecule has 0 aliphatic heterocycles. The van der Waals surface area contributed by atoms with E-state index in [1.54, 1.807) is 0 Å². The molecule has 0 bridgehead atoms. The lowest BCUT2D eigenvalue weighted by Crippen LogP contribution is -2.53. The Hall–Kier alpha value is -0.763. The summed E-state index contributed by atoms with van der Waals surface area (Å²) in [5.41, 5.74) is 0. The van der Waals surface area contributed by atoms with Crippen LogP contribution >= 0.6 is 23.2 Å². The van der Waals surface area contributed by atoms with Gasteiger partial charge in [-0.15, -0.1) is 0 Å². The van der Waals surface area contributed by atoms with Crippen LogP contribution in [0.2, 0.25) is 23.1 Å². The van der Waals surface area contributed by atoms with Crippen LogP contribution < -0.4 is 10.4 Å². The molecule has 0 nitrogen and oxygen atoms in total. The highest BCUT2D eigenvalue weighted by Gasteiger charge is 2.28. The molecule has 2 rings (SSSR count). The van der Waals surface area contributed by atoms with Crippen LogP contribution in [0, 0.1) is 0 Å². The molecule has 17 heavy (non-hydrogen) atoms. The maximum absolute atomic E-state index is 6.33. The molecule has 0 amide bonds. The average molecular weight is 281 g/mol. The van der Waals surface area contributed by atoms with Crippen molar-refractivity contribution >= 4 is 41.6 Å². The third-order valence-corrected chi connectivity index (χ3v) is 7.64. The van der Waals surface area contributed by atoms with Crippen LogP contribution in [0.25, 0.3) is 0 Å². The molecular weight excluding hydrogens is 267 g/mol. The molecule has 0 fully saturated rings. The van der Waals surface area contributed by atoms with Crippen LogP contribution in [0.5, 0.6) is 0 Å². The largest absolute Gasteiger partial charge is 0.114 e. The molecule has 0 aliphatic rings. The summed E-state index contributed by atoms with van der Waals surface area (Å²) in [7, 11) is -1.75. The third kappa shape index (κ3) is 2.42. The standard InChI is InChI=1S/C14H14Cl2Si/c1-17(2,11-7-4-3-5-8-11)13-10-6-9-12(15)14(13)16/h3-10H,1-2H3. The van der Waals surface area contributed by atoms with Gasteiger partial charge in [-0.25, -0.2) is 0 Å². The molecule has 2 aromatic carbocycles. The lowest BCUT2D eigenvalue weighted by Gasteiger charge is -2.25. The zero-order valence-corrected chi connectivity index (χ0v) is 12.4. The molecule has 0 aromatic heterocycles. The second-order valence-electron chi connectivity index (χ2n) is 4.59. The van der Waals surface area contributed by atoms with Crippen molar-refractivity contribution in [2.75, 3.05) is 0 Å². The Kier molecular flexibility index (Phi) is 3.62. The average Bonchev–Trinajstić information content (AvgIpc) is 2.33. The van der Waals surface area contributed by atoms with E-state index in [4.69, 9.17) is 23.2 Å². The van der Waals surface area contributed by atoms with E-state index in [9.17, 15) is 0 Å². The molecule has 2 aromatic rings. The maximum atomic E-state index is 6.33. The Bertz CT molecular complexity index is 521. The summed E-state index contributed by atoms with van der Waals surface area (Å²) in [5, 5.41) is 3.90. The van der Waals surface area contributed by atoms with Gasteiger partial charge in [0.05, 0.1) is 10.0 Å². The normalized spacial score (nSPS) is 11.5. The summed E-state index contributed by atoms with van der Waals surface area (Å²) in [4.78, 5) is 0. The van der Waals surface area contributed by atoms with Crippen LogP contribution in [0.3, 0.4) is 0 Å². The Morgan fingerprint density at radius 1 is 0.824 bits per heavy atom. The van der Waals surface area contributed by atoms with Gasteiger partial charge < -0.3 is 0 Å². The Morgan fingerprint density at radius 2 is 1.47 bits per heavy atom. The highest BCUT2D eigenvalue weighted by atomic mass is 35.5. The van der Waals surface area contributed by atoms with Crippen molar-refractivity contribution < 1.29 is 0 Å². The SMILES string of the molecule is C[Si](C)(c1ccccc1)c1cccc(Cl)c1Cl. The summed E-state index contributed by atoms with van der Waals surface area (Å²) in [6.45, 7) is 4.58. The highest BCUT2D eigenvalue weighted by Crippen LogP contribution is 2.21. The minimum Gasteiger partial charge on any atom is -0.0828 e. The fourth-order valence-electron chi connectivity index (χ4n) is 2.00. The fraction of sp³-hybridized carbons (Fsp3) is 0.143. The van der Waals surface area contributed by atoms with Gasteiger partial charge in [0.25, 0.3) is 0 Å². The van der Waals surface area contributed by atoms with E-state index in [2.05, 4.69) is 43.4 Å². The van der Waals surface area contributed by atoms with Gasteiger partial charge in [-0.2, -0.15) is 0 Å². The van der Waals surface area contributed by atoms with Gasteiger partial charge in [0.15, 0.2) is 0 Å². The van der Waals surface area contributed by atoms with Crippen LogP contribution in [0.4, 0.5) is 0 Å². The topological polar surface area (TPSA) is 0 Å². The lowest BCUT2D eigenvalue weighted by atomic mass is 10.3. The van der Waals surface area contributed by atoms with Gasteiger partial charge in [-0.3, -0.25) is 0 Å². The summed E-state index contributed by atoms with van der Waals surface area (Å²) in [6.07, 6.45) is 0. The molecule has 0 unspecified atom stereocenters. The summed E-state index contributed by atoms with van der Waals surface area (Å²) in [5.74, 6) is 0. The monoisotopic (exact) mass is 280 g/mol. The zero-order chi connectivity index (χ0) is 12.5. The molecule has 0 atom stereocenters. The van der Waals surface area contributed by atoms with Gasteiger partial charge >= 0.3 is 0 Å². The molecule has 0 aliphatic carbocycles. The quantitative estimate of drug-likeness (QED) is 0.734. The van der Waals surface area contributed by atoms with Crippen LogP contribution in [0.15, 0.2) is 48.5 Å². The Balaban J connectivity index is 2.56. The van der Waals surface area contributed by atoms with E-state index in [0.717, 1.165) is 0 Å². The van der Waals surface area contributed by atoms with E-state index < -0.39 is 8.07 Å². The Labute approximate surface area is 113 Å². The summed E-state index contributed by atoms with van der Waals surface area (Å²) in [6, 6.07) is 16.4. The van der Waals surface area contributed by atoms with Gasteiger partial charge in [-0.1, -0.05) is 83.9 Å². The van der Waals surface area contributed by atoms with Crippen molar-refractivity contribution in [3.05, 3.63) is 58.6 Å². The first kappa shape index (κ1) is 12.7. The molecule has 3 heteroatoms. The molecule has 0 N–H and O–H groups in total. The van der Waals surface area contributed by atoms with Crippen molar-refractivity contribution in [3.8, 4) is 0 Å².